The SMILES string of the molecule is CC(C)Cn1ncnc1CC(=O)C1CCOCC1C. The van der Waals surface area contributed by atoms with E-state index < -0.39 is 0 Å². The van der Waals surface area contributed by atoms with Gasteiger partial charge in [0.1, 0.15) is 17.9 Å². The van der Waals surface area contributed by atoms with Crippen molar-refractivity contribution in [3.63, 3.8) is 0 Å². The summed E-state index contributed by atoms with van der Waals surface area (Å²) in [6.07, 6.45) is 2.76. The number of rotatable bonds is 5. The molecule has 1 aromatic rings. The summed E-state index contributed by atoms with van der Waals surface area (Å²) in [6, 6.07) is 0. The van der Waals surface area contributed by atoms with Gasteiger partial charge in [0, 0.05) is 25.7 Å². The molecule has 1 fully saturated rings. The molecule has 2 heterocycles. The van der Waals surface area contributed by atoms with Crippen molar-refractivity contribution in [3.8, 4) is 0 Å². The maximum Gasteiger partial charge on any atom is 0.143 e. The van der Waals surface area contributed by atoms with Gasteiger partial charge >= 0.3 is 0 Å². The molecule has 1 saturated heterocycles. The Hall–Kier alpha value is -1.23. The molecule has 106 valence electrons. The van der Waals surface area contributed by atoms with Gasteiger partial charge in [-0.3, -0.25) is 4.79 Å². The smallest absolute Gasteiger partial charge is 0.143 e. The highest BCUT2D eigenvalue weighted by atomic mass is 16.5. The van der Waals surface area contributed by atoms with Crippen LogP contribution in [0.15, 0.2) is 6.33 Å². The van der Waals surface area contributed by atoms with Crippen molar-refractivity contribution in [3.05, 3.63) is 12.2 Å². The van der Waals surface area contributed by atoms with Crippen molar-refractivity contribution in [1.29, 1.82) is 0 Å². The number of hydrogen-bond donors (Lipinski definition) is 0. The number of hydrogen-bond acceptors (Lipinski definition) is 4. The molecular weight excluding hydrogens is 242 g/mol. The van der Waals surface area contributed by atoms with Gasteiger partial charge in [0.15, 0.2) is 0 Å². The molecule has 0 N–H and O–H groups in total. The van der Waals surface area contributed by atoms with Gasteiger partial charge in [-0.25, -0.2) is 9.67 Å². The number of carbonyl (C=O) groups is 1. The highest BCUT2D eigenvalue weighted by Gasteiger charge is 2.29. The summed E-state index contributed by atoms with van der Waals surface area (Å²) in [6.45, 7) is 8.54. The molecule has 2 unspecified atom stereocenters. The van der Waals surface area contributed by atoms with E-state index >= 15 is 0 Å². The summed E-state index contributed by atoms with van der Waals surface area (Å²) in [5.74, 6) is 1.98. The molecule has 5 heteroatoms. The van der Waals surface area contributed by atoms with Crippen LogP contribution in [0.4, 0.5) is 0 Å². The van der Waals surface area contributed by atoms with Gasteiger partial charge < -0.3 is 4.74 Å². The summed E-state index contributed by atoms with van der Waals surface area (Å²) < 4.78 is 7.24. The molecule has 2 rings (SSSR count). The Labute approximate surface area is 114 Å². The van der Waals surface area contributed by atoms with Gasteiger partial charge in [-0.1, -0.05) is 20.8 Å². The maximum absolute atomic E-state index is 12.4. The number of ether oxygens (including phenoxy) is 1. The Bertz CT molecular complexity index is 428. The van der Waals surface area contributed by atoms with Crippen molar-refractivity contribution < 1.29 is 9.53 Å². The first-order valence-electron chi connectivity index (χ1n) is 7.05. The number of carbonyl (C=O) groups excluding carboxylic acids is 1. The molecule has 0 aliphatic carbocycles. The van der Waals surface area contributed by atoms with E-state index in [4.69, 9.17) is 4.74 Å². The van der Waals surface area contributed by atoms with Crippen LogP contribution >= 0.6 is 0 Å². The molecular formula is C14H23N3O2. The zero-order valence-electron chi connectivity index (χ0n) is 12.0. The monoisotopic (exact) mass is 265 g/mol. The van der Waals surface area contributed by atoms with E-state index in [1.807, 2.05) is 4.68 Å². The normalized spacial score (nSPS) is 23.8. The van der Waals surface area contributed by atoms with Gasteiger partial charge in [-0.15, -0.1) is 0 Å². The molecule has 1 aromatic heterocycles. The second-order valence-electron chi connectivity index (χ2n) is 5.84. The lowest BCUT2D eigenvalue weighted by molar-refractivity contribution is -0.127. The van der Waals surface area contributed by atoms with Crippen LogP contribution in [0.2, 0.25) is 0 Å². The highest BCUT2D eigenvalue weighted by Crippen LogP contribution is 2.23. The van der Waals surface area contributed by atoms with Gasteiger partial charge in [-0.2, -0.15) is 5.10 Å². The minimum absolute atomic E-state index is 0.109. The molecule has 2 atom stereocenters. The Morgan fingerprint density at radius 1 is 1.58 bits per heavy atom. The van der Waals surface area contributed by atoms with Crippen LogP contribution < -0.4 is 0 Å². The molecule has 1 aliphatic heterocycles. The van der Waals surface area contributed by atoms with E-state index in [-0.39, 0.29) is 11.7 Å². The molecule has 1 aliphatic rings. The molecule has 0 spiro atoms. The van der Waals surface area contributed by atoms with E-state index in [1.165, 1.54) is 0 Å². The zero-order valence-corrected chi connectivity index (χ0v) is 12.0. The summed E-state index contributed by atoms with van der Waals surface area (Å²) in [5, 5.41) is 4.20. The molecule has 0 bridgehead atoms. The van der Waals surface area contributed by atoms with Gasteiger partial charge in [0.05, 0.1) is 6.42 Å². The minimum Gasteiger partial charge on any atom is -0.381 e. The third-order valence-electron chi connectivity index (χ3n) is 3.62. The summed E-state index contributed by atoms with van der Waals surface area (Å²) in [4.78, 5) is 16.6. The van der Waals surface area contributed by atoms with Crippen LogP contribution in [0.5, 0.6) is 0 Å². The minimum atomic E-state index is 0.109. The number of aromatic nitrogens is 3. The predicted molar refractivity (Wildman–Crippen MR) is 71.7 cm³/mol. The number of nitrogens with zero attached hydrogens (tertiary/aromatic N) is 3. The first kappa shape index (κ1) is 14.2. The zero-order chi connectivity index (χ0) is 13.8. The average molecular weight is 265 g/mol. The lowest BCUT2D eigenvalue weighted by atomic mass is 9.85. The van der Waals surface area contributed by atoms with Crippen molar-refractivity contribution >= 4 is 5.78 Å². The summed E-state index contributed by atoms with van der Waals surface area (Å²) >= 11 is 0. The van der Waals surface area contributed by atoms with Crippen LogP contribution in [0.3, 0.4) is 0 Å². The van der Waals surface area contributed by atoms with Gasteiger partial charge in [-0.05, 0) is 18.3 Å². The first-order chi connectivity index (χ1) is 9.08. The van der Waals surface area contributed by atoms with Crippen LogP contribution in [0.1, 0.15) is 33.0 Å². The fraction of sp³-hybridized carbons (Fsp3) is 0.786. The fourth-order valence-corrected chi connectivity index (χ4v) is 2.57. The number of ketones is 1. The fourth-order valence-electron chi connectivity index (χ4n) is 2.57. The quantitative estimate of drug-likeness (QED) is 0.813. The van der Waals surface area contributed by atoms with Crippen LogP contribution in [0, 0.1) is 17.8 Å². The third kappa shape index (κ3) is 3.62. The molecule has 0 saturated carbocycles. The molecule has 0 amide bonds. The first-order valence-corrected chi connectivity index (χ1v) is 7.05. The van der Waals surface area contributed by atoms with Crippen molar-refractivity contribution in [2.45, 2.75) is 40.2 Å². The summed E-state index contributed by atoms with van der Waals surface area (Å²) in [5.41, 5.74) is 0. The Balaban J connectivity index is 2.00. The lowest BCUT2D eigenvalue weighted by Crippen LogP contribution is -2.32. The topological polar surface area (TPSA) is 57.0 Å². The van der Waals surface area contributed by atoms with Crippen molar-refractivity contribution in [1.82, 2.24) is 14.8 Å². The van der Waals surface area contributed by atoms with Crippen LogP contribution in [-0.4, -0.2) is 33.8 Å². The standard InChI is InChI=1S/C14H23N3O2/c1-10(2)7-17-14(15-9-16-17)6-13(18)12-4-5-19-8-11(12)3/h9-12H,4-8H2,1-3H3. The summed E-state index contributed by atoms with van der Waals surface area (Å²) in [7, 11) is 0. The molecule has 0 aromatic carbocycles. The van der Waals surface area contributed by atoms with E-state index in [1.54, 1.807) is 6.33 Å². The molecule has 0 radical (unpaired) electrons. The number of Topliss-reactive ketones (excluding diaryl/α,β-unsaturated/α-hetero) is 1. The van der Waals surface area contributed by atoms with E-state index in [9.17, 15) is 4.79 Å². The van der Waals surface area contributed by atoms with E-state index in [2.05, 4.69) is 30.9 Å². The lowest BCUT2D eigenvalue weighted by Gasteiger charge is -2.27. The predicted octanol–water partition coefficient (Wildman–Crippen LogP) is 1.72. The van der Waals surface area contributed by atoms with Gasteiger partial charge in [0.2, 0.25) is 0 Å². The van der Waals surface area contributed by atoms with Crippen molar-refractivity contribution in [2.24, 2.45) is 17.8 Å². The van der Waals surface area contributed by atoms with Crippen LogP contribution in [0.25, 0.3) is 0 Å². The van der Waals surface area contributed by atoms with Gasteiger partial charge in [0.25, 0.3) is 0 Å². The highest BCUT2D eigenvalue weighted by molar-refractivity contribution is 5.83. The molecule has 5 nitrogen and oxygen atoms in total. The Kier molecular flexibility index (Phi) is 4.69. The van der Waals surface area contributed by atoms with E-state index in [0.29, 0.717) is 31.5 Å². The Morgan fingerprint density at radius 3 is 3.05 bits per heavy atom. The third-order valence-corrected chi connectivity index (χ3v) is 3.62. The van der Waals surface area contributed by atoms with Crippen molar-refractivity contribution in [2.75, 3.05) is 13.2 Å². The second-order valence-corrected chi connectivity index (χ2v) is 5.84. The van der Waals surface area contributed by atoms with Crippen LogP contribution in [-0.2, 0) is 22.5 Å². The second kappa shape index (κ2) is 6.28. The van der Waals surface area contributed by atoms with E-state index in [0.717, 1.165) is 18.8 Å². The average Bonchev–Trinajstić information content (AvgIpc) is 2.76. The molecule has 19 heavy (non-hydrogen) atoms. The maximum atomic E-state index is 12.4. The largest absolute Gasteiger partial charge is 0.381 e. The Morgan fingerprint density at radius 2 is 2.37 bits per heavy atom.